The highest BCUT2D eigenvalue weighted by Crippen LogP contribution is 2.18. The Balaban J connectivity index is 2.77. The molecular formula is C14H18F3NO. The fourth-order valence-electron chi connectivity index (χ4n) is 1.75. The van der Waals surface area contributed by atoms with Gasteiger partial charge in [0.25, 0.3) is 0 Å². The maximum Gasteiger partial charge on any atom is 0.401 e. The molecule has 0 bridgehead atoms. The molecule has 0 aliphatic heterocycles. The zero-order chi connectivity index (χ0) is 14.6. The molecule has 0 saturated carbocycles. The van der Waals surface area contributed by atoms with Crippen LogP contribution in [-0.4, -0.2) is 36.0 Å². The lowest BCUT2D eigenvalue weighted by Gasteiger charge is -2.26. The van der Waals surface area contributed by atoms with Crippen molar-refractivity contribution in [2.45, 2.75) is 33.0 Å². The Morgan fingerprint density at radius 2 is 1.95 bits per heavy atom. The molecule has 0 fully saturated rings. The smallest absolute Gasteiger partial charge is 0.293 e. The summed E-state index contributed by atoms with van der Waals surface area (Å²) in [5.41, 5.74) is 1.37. The Labute approximate surface area is 111 Å². The molecule has 0 heterocycles. The van der Waals surface area contributed by atoms with Crippen molar-refractivity contribution >= 4 is 5.78 Å². The number of hydrogen-bond acceptors (Lipinski definition) is 2. The molecule has 0 atom stereocenters. The van der Waals surface area contributed by atoms with E-state index in [2.05, 4.69) is 0 Å². The van der Waals surface area contributed by atoms with Crippen LogP contribution in [0.15, 0.2) is 24.3 Å². The van der Waals surface area contributed by atoms with Crippen molar-refractivity contribution < 1.29 is 18.0 Å². The molecule has 1 aromatic rings. The first kappa shape index (κ1) is 15.7. The van der Waals surface area contributed by atoms with E-state index in [1.54, 1.807) is 32.0 Å². The maximum absolute atomic E-state index is 12.4. The summed E-state index contributed by atoms with van der Waals surface area (Å²) < 4.78 is 37.3. The van der Waals surface area contributed by atoms with E-state index in [1.807, 2.05) is 13.0 Å². The van der Waals surface area contributed by atoms with Gasteiger partial charge in [0.1, 0.15) is 0 Å². The predicted molar refractivity (Wildman–Crippen MR) is 68.3 cm³/mol. The van der Waals surface area contributed by atoms with Crippen LogP contribution in [0.2, 0.25) is 0 Å². The number of carbonyl (C=O) groups is 1. The average molecular weight is 273 g/mol. The molecule has 0 aromatic heterocycles. The number of benzene rings is 1. The van der Waals surface area contributed by atoms with Crippen LogP contribution in [0.4, 0.5) is 13.2 Å². The van der Waals surface area contributed by atoms with Crippen LogP contribution >= 0.6 is 0 Å². The fraction of sp³-hybridized carbons (Fsp3) is 0.500. The summed E-state index contributed by atoms with van der Waals surface area (Å²) in [7, 11) is 0. The third kappa shape index (κ3) is 5.42. The summed E-state index contributed by atoms with van der Waals surface area (Å²) in [5.74, 6) is -0.290. The highest BCUT2D eigenvalue weighted by molar-refractivity contribution is 5.97. The van der Waals surface area contributed by atoms with E-state index >= 15 is 0 Å². The van der Waals surface area contributed by atoms with Crippen molar-refractivity contribution in [3.8, 4) is 0 Å². The monoisotopic (exact) mass is 273 g/mol. The highest BCUT2D eigenvalue weighted by Gasteiger charge is 2.32. The van der Waals surface area contributed by atoms with E-state index in [0.717, 1.165) is 10.5 Å². The molecule has 0 aliphatic rings. The van der Waals surface area contributed by atoms with Crippen LogP contribution in [0.5, 0.6) is 0 Å². The molecule has 2 nitrogen and oxygen atoms in total. The molecule has 1 rings (SSSR count). The Morgan fingerprint density at radius 1 is 1.32 bits per heavy atom. The summed E-state index contributed by atoms with van der Waals surface area (Å²) in [5, 5.41) is 0. The Morgan fingerprint density at radius 3 is 2.42 bits per heavy atom. The molecule has 1 aromatic carbocycles. The van der Waals surface area contributed by atoms with E-state index in [1.165, 1.54) is 0 Å². The van der Waals surface area contributed by atoms with Gasteiger partial charge in [0, 0.05) is 11.6 Å². The number of halogens is 3. The second-order valence-electron chi connectivity index (χ2n) is 4.91. The van der Waals surface area contributed by atoms with Crippen molar-refractivity contribution in [1.29, 1.82) is 0 Å². The number of hydrogen-bond donors (Lipinski definition) is 0. The van der Waals surface area contributed by atoms with E-state index in [-0.39, 0.29) is 18.4 Å². The lowest BCUT2D eigenvalue weighted by atomic mass is 10.1. The molecule has 19 heavy (non-hydrogen) atoms. The number of rotatable bonds is 5. The Bertz CT molecular complexity index is 441. The molecule has 0 spiro atoms. The van der Waals surface area contributed by atoms with Gasteiger partial charge in [-0.25, -0.2) is 0 Å². The molecule has 0 saturated heterocycles. The van der Waals surface area contributed by atoms with Crippen LogP contribution in [0.3, 0.4) is 0 Å². The maximum atomic E-state index is 12.4. The third-order valence-electron chi connectivity index (χ3n) is 2.80. The zero-order valence-electron chi connectivity index (χ0n) is 11.3. The minimum absolute atomic E-state index is 0.222. The second kappa shape index (κ2) is 6.19. The molecule has 0 amide bonds. The summed E-state index contributed by atoms with van der Waals surface area (Å²) in [4.78, 5) is 13.1. The van der Waals surface area contributed by atoms with Gasteiger partial charge in [0.05, 0.1) is 13.1 Å². The standard InChI is InChI=1S/C14H18F3NO/c1-10(2)18(9-14(15,16)17)8-13(19)12-6-4-5-11(3)7-12/h4-7,10H,8-9H2,1-3H3. The normalized spacial score (nSPS) is 12.2. The quantitative estimate of drug-likeness (QED) is 0.766. The van der Waals surface area contributed by atoms with Crippen LogP contribution in [0, 0.1) is 6.92 Å². The second-order valence-corrected chi connectivity index (χ2v) is 4.91. The molecule has 5 heteroatoms. The van der Waals surface area contributed by atoms with Crippen molar-refractivity contribution in [3.05, 3.63) is 35.4 Å². The van der Waals surface area contributed by atoms with Crippen molar-refractivity contribution in [1.82, 2.24) is 4.90 Å². The average Bonchev–Trinajstić information content (AvgIpc) is 2.26. The Hall–Kier alpha value is -1.36. The van der Waals surface area contributed by atoms with Gasteiger partial charge < -0.3 is 0 Å². The van der Waals surface area contributed by atoms with Gasteiger partial charge in [0.15, 0.2) is 5.78 Å². The number of ketones is 1. The SMILES string of the molecule is Cc1cccc(C(=O)CN(CC(F)(F)F)C(C)C)c1. The summed E-state index contributed by atoms with van der Waals surface area (Å²) in [6, 6.07) is 6.55. The number of Topliss-reactive ketones (excluding diaryl/α,β-unsaturated/α-hetero) is 1. The Kier molecular flexibility index (Phi) is 5.11. The summed E-state index contributed by atoms with van der Waals surface area (Å²) in [6.45, 7) is 3.85. The van der Waals surface area contributed by atoms with Gasteiger partial charge in [-0.15, -0.1) is 0 Å². The van der Waals surface area contributed by atoms with E-state index in [9.17, 15) is 18.0 Å². The van der Waals surface area contributed by atoms with Gasteiger partial charge in [-0.2, -0.15) is 13.2 Å². The molecule has 0 unspecified atom stereocenters. The van der Waals surface area contributed by atoms with Crippen molar-refractivity contribution in [2.24, 2.45) is 0 Å². The van der Waals surface area contributed by atoms with Crippen LogP contribution in [-0.2, 0) is 0 Å². The molecule has 106 valence electrons. The van der Waals surface area contributed by atoms with E-state index in [4.69, 9.17) is 0 Å². The first-order valence-electron chi connectivity index (χ1n) is 6.09. The molecule has 0 aliphatic carbocycles. The number of nitrogens with zero attached hydrogens (tertiary/aromatic N) is 1. The van der Waals surface area contributed by atoms with Crippen LogP contribution < -0.4 is 0 Å². The van der Waals surface area contributed by atoms with Gasteiger partial charge in [-0.05, 0) is 26.8 Å². The minimum atomic E-state index is -4.29. The largest absolute Gasteiger partial charge is 0.401 e. The fourth-order valence-corrected chi connectivity index (χ4v) is 1.75. The minimum Gasteiger partial charge on any atom is -0.293 e. The van der Waals surface area contributed by atoms with Gasteiger partial charge in [-0.1, -0.05) is 23.8 Å². The lowest BCUT2D eigenvalue weighted by Crippen LogP contribution is -2.42. The number of aryl methyl sites for hydroxylation is 1. The summed E-state index contributed by atoms with van der Waals surface area (Å²) in [6.07, 6.45) is -4.29. The topological polar surface area (TPSA) is 20.3 Å². The van der Waals surface area contributed by atoms with Crippen LogP contribution in [0.25, 0.3) is 0 Å². The highest BCUT2D eigenvalue weighted by atomic mass is 19.4. The van der Waals surface area contributed by atoms with Gasteiger partial charge in [0.2, 0.25) is 0 Å². The lowest BCUT2D eigenvalue weighted by molar-refractivity contribution is -0.148. The predicted octanol–water partition coefficient (Wildman–Crippen LogP) is 3.45. The summed E-state index contributed by atoms with van der Waals surface area (Å²) >= 11 is 0. The van der Waals surface area contributed by atoms with E-state index in [0.29, 0.717) is 5.56 Å². The number of carbonyl (C=O) groups excluding carboxylic acids is 1. The molecular weight excluding hydrogens is 255 g/mol. The number of alkyl halides is 3. The van der Waals surface area contributed by atoms with Crippen molar-refractivity contribution in [3.63, 3.8) is 0 Å². The third-order valence-corrected chi connectivity index (χ3v) is 2.80. The molecule has 0 N–H and O–H groups in total. The van der Waals surface area contributed by atoms with Gasteiger partial charge in [-0.3, -0.25) is 9.69 Å². The van der Waals surface area contributed by atoms with Gasteiger partial charge >= 0.3 is 6.18 Å². The zero-order valence-corrected chi connectivity index (χ0v) is 11.3. The van der Waals surface area contributed by atoms with E-state index < -0.39 is 12.7 Å². The first-order valence-corrected chi connectivity index (χ1v) is 6.09. The van der Waals surface area contributed by atoms with Crippen molar-refractivity contribution in [2.75, 3.05) is 13.1 Å². The van der Waals surface area contributed by atoms with Crippen LogP contribution in [0.1, 0.15) is 29.8 Å². The molecule has 0 radical (unpaired) electrons. The first-order chi connectivity index (χ1) is 8.69.